The highest BCUT2D eigenvalue weighted by Gasteiger charge is 2.30. The molecule has 178 valence electrons. The van der Waals surface area contributed by atoms with Crippen molar-refractivity contribution in [1.29, 1.82) is 0 Å². The van der Waals surface area contributed by atoms with Crippen LogP contribution in [0.3, 0.4) is 0 Å². The van der Waals surface area contributed by atoms with Crippen molar-refractivity contribution in [2.75, 3.05) is 11.9 Å². The largest absolute Gasteiger partial charge is 0.476 e. The van der Waals surface area contributed by atoms with Crippen molar-refractivity contribution in [2.45, 2.75) is 46.1 Å². The minimum absolute atomic E-state index is 0.155. The summed E-state index contributed by atoms with van der Waals surface area (Å²) in [5.41, 5.74) is 0.369. The number of benzene rings is 1. The number of esters is 1. The molecule has 2 atom stereocenters. The lowest BCUT2D eigenvalue weighted by Gasteiger charge is -2.18. The number of hydrogen-bond donors (Lipinski definition) is 2. The Kier molecular flexibility index (Phi) is 6.52. The molecule has 34 heavy (non-hydrogen) atoms. The predicted molar refractivity (Wildman–Crippen MR) is 128 cm³/mol. The zero-order valence-electron chi connectivity index (χ0n) is 19.1. The van der Waals surface area contributed by atoms with Crippen molar-refractivity contribution in [3.8, 4) is 0 Å². The van der Waals surface area contributed by atoms with E-state index >= 15 is 0 Å². The van der Waals surface area contributed by atoms with E-state index in [9.17, 15) is 24.3 Å². The van der Waals surface area contributed by atoms with Gasteiger partial charge in [0.15, 0.2) is 5.69 Å². The van der Waals surface area contributed by atoms with Gasteiger partial charge in [-0.15, -0.1) is 11.3 Å². The Bertz CT molecular complexity index is 1360. The number of ether oxygens (including phenoxy) is 1. The molecule has 1 aromatic carbocycles. The summed E-state index contributed by atoms with van der Waals surface area (Å²) in [7, 11) is 0. The SMILES string of the molecule is CCOC(=O)c1c(NC(=O)C(C)n2nc(C(=O)O)c3ccccc3c2=O)sc2c1CCC(C)C2. The van der Waals surface area contributed by atoms with Crippen molar-refractivity contribution < 1.29 is 24.2 Å². The first-order chi connectivity index (χ1) is 16.2. The van der Waals surface area contributed by atoms with E-state index in [1.54, 1.807) is 19.1 Å². The molecule has 3 aromatic rings. The van der Waals surface area contributed by atoms with Crippen molar-refractivity contribution in [1.82, 2.24) is 9.78 Å². The van der Waals surface area contributed by atoms with Crippen molar-refractivity contribution in [3.05, 3.63) is 56.3 Å². The molecule has 2 unspecified atom stereocenters. The molecule has 0 saturated heterocycles. The van der Waals surface area contributed by atoms with E-state index in [0.29, 0.717) is 16.5 Å². The van der Waals surface area contributed by atoms with Crippen LogP contribution >= 0.6 is 11.3 Å². The molecule has 2 heterocycles. The number of aromatic nitrogens is 2. The fraction of sp³-hybridized carbons (Fsp3) is 0.375. The topological polar surface area (TPSA) is 128 Å². The number of rotatable bonds is 6. The average molecular weight is 484 g/mol. The Morgan fingerprint density at radius 2 is 2.00 bits per heavy atom. The third-order valence-corrected chi connectivity index (χ3v) is 7.18. The minimum atomic E-state index is -1.30. The standard InChI is InChI=1S/C24H25N3O6S/c1-4-33-24(32)18-16-10-9-12(2)11-17(16)34-21(18)25-20(28)13(3)27-22(29)15-8-6-5-7-14(15)19(26-27)23(30)31/h5-8,12-13H,4,9-11H2,1-3H3,(H,25,28)(H,30,31). The fourth-order valence-corrected chi connectivity index (χ4v) is 5.61. The molecule has 0 aliphatic heterocycles. The van der Waals surface area contributed by atoms with Gasteiger partial charge in [0.25, 0.3) is 5.56 Å². The minimum Gasteiger partial charge on any atom is -0.476 e. The lowest BCUT2D eigenvalue weighted by molar-refractivity contribution is -0.119. The number of hydrogen-bond acceptors (Lipinski definition) is 7. The molecule has 9 nitrogen and oxygen atoms in total. The molecule has 2 N–H and O–H groups in total. The second kappa shape index (κ2) is 9.38. The number of nitrogens with zero attached hydrogens (tertiary/aromatic N) is 2. The Morgan fingerprint density at radius 1 is 1.29 bits per heavy atom. The van der Waals surface area contributed by atoms with Gasteiger partial charge >= 0.3 is 11.9 Å². The van der Waals surface area contributed by atoms with Crippen LogP contribution in [0.15, 0.2) is 29.1 Å². The number of carboxylic acid groups (broad SMARTS) is 1. The second-order valence-electron chi connectivity index (χ2n) is 8.39. The molecule has 10 heteroatoms. The number of carbonyl (C=O) groups is 3. The number of anilines is 1. The molecule has 0 bridgehead atoms. The van der Waals surface area contributed by atoms with Gasteiger partial charge in [-0.25, -0.2) is 14.3 Å². The molecule has 0 saturated carbocycles. The highest BCUT2D eigenvalue weighted by molar-refractivity contribution is 7.17. The van der Waals surface area contributed by atoms with E-state index in [0.717, 1.165) is 34.4 Å². The fourth-order valence-electron chi connectivity index (χ4n) is 4.21. The van der Waals surface area contributed by atoms with E-state index < -0.39 is 29.4 Å². The van der Waals surface area contributed by atoms with Gasteiger partial charge in [-0.05, 0) is 50.7 Å². The van der Waals surface area contributed by atoms with E-state index in [2.05, 4.69) is 17.3 Å². The van der Waals surface area contributed by atoms with Gasteiger partial charge in [-0.1, -0.05) is 25.1 Å². The maximum Gasteiger partial charge on any atom is 0.357 e. The third-order valence-electron chi connectivity index (χ3n) is 6.01. The van der Waals surface area contributed by atoms with Gasteiger partial charge in [-0.2, -0.15) is 5.10 Å². The lowest BCUT2D eigenvalue weighted by Crippen LogP contribution is -2.35. The third kappa shape index (κ3) is 4.21. The number of carbonyl (C=O) groups excluding carboxylic acids is 2. The lowest BCUT2D eigenvalue weighted by atomic mass is 9.88. The molecule has 0 radical (unpaired) electrons. The van der Waals surface area contributed by atoms with Gasteiger partial charge in [-0.3, -0.25) is 9.59 Å². The van der Waals surface area contributed by atoms with Crippen molar-refractivity contribution in [2.24, 2.45) is 5.92 Å². The highest BCUT2D eigenvalue weighted by Crippen LogP contribution is 2.40. The summed E-state index contributed by atoms with van der Waals surface area (Å²) >= 11 is 1.34. The molecule has 1 amide bonds. The molecule has 1 aliphatic rings. The van der Waals surface area contributed by atoms with Crippen LogP contribution in [0.5, 0.6) is 0 Å². The van der Waals surface area contributed by atoms with Gasteiger partial charge < -0.3 is 15.2 Å². The average Bonchev–Trinajstić information content (AvgIpc) is 3.15. The van der Waals surface area contributed by atoms with Crippen LogP contribution in [0.4, 0.5) is 5.00 Å². The van der Waals surface area contributed by atoms with Crippen LogP contribution in [-0.4, -0.2) is 39.3 Å². The number of fused-ring (bicyclic) bond motifs is 2. The van der Waals surface area contributed by atoms with E-state index in [4.69, 9.17) is 4.74 Å². The Labute approximate surface area is 199 Å². The first kappa shape index (κ1) is 23.6. The van der Waals surface area contributed by atoms with Gasteiger partial charge in [0.1, 0.15) is 11.0 Å². The summed E-state index contributed by atoms with van der Waals surface area (Å²) in [5, 5.41) is 17.1. The summed E-state index contributed by atoms with van der Waals surface area (Å²) < 4.78 is 6.12. The highest BCUT2D eigenvalue weighted by atomic mass is 32.1. The van der Waals surface area contributed by atoms with Gasteiger partial charge in [0, 0.05) is 10.3 Å². The summed E-state index contributed by atoms with van der Waals surface area (Å²) in [4.78, 5) is 51.7. The number of carboxylic acids is 1. The first-order valence-electron chi connectivity index (χ1n) is 11.1. The maximum atomic E-state index is 13.2. The number of aromatic carboxylic acids is 1. The van der Waals surface area contributed by atoms with Crippen LogP contribution < -0.4 is 10.9 Å². The number of amides is 1. The molecule has 0 fully saturated rings. The number of thiophene rings is 1. The summed E-state index contributed by atoms with van der Waals surface area (Å²) in [5.74, 6) is -1.91. The first-order valence-corrected chi connectivity index (χ1v) is 11.9. The molecular weight excluding hydrogens is 458 g/mol. The summed E-state index contributed by atoms with van der Waals surface area (Å²) in [6, 6.07) is 5.12. The van der Waals surface area contributed by atoms with Crippen LogP contribution in [0.1, 0.15) is 64.5 Å². The van der Waals surface area contributed by atoms with E-state index in [-0.39, 0.29) is 23.1 Å². The molecular formula is C24H25N3O6S. The van der Waals surface area contributed by atoms with Gasteiger partial charge in [0.05, 0.1) is 17.6 Å². The monoisotopic (exact) mass is 483 g/mol. The molecule has 2 aromatic heterocycles. The quantitative estimate of drug-likeness (QED) is 0.512. The van der Waals surface area contributed by atoms with Gasteiger partial charge in [0.2, 0.25) is 5.91 Å². The van der Waals surface area contributed by atoms with Crippen molar-refractivity contribution >= 4 is 45.0 Å². The normalized spacial score (nSPS) is 16.0. The van der Waals surface area contributed by atoms with Crippen LogP contribution in [0, 0.1) is 5.92 Å². The Hall–Kier alpha value is -3.53. The molecule has 1 aliphatic carbocycles. The van der Waals surface area contributed by atoms with E-state index in [1.807, 2.05) is 0 Å². The molecule has 4 rings (SSSR count). The van der Waals surface area contributed by atoms with Crippen LogP contribution in [0.25, 0.3) is 10.8 Å². The smallest absolute Gasteiger partial charge is 0.357 e. The molecule has 0 spiro atoms. The zero-order chi connectivity index (χ0) is 24.6. The summed E-state index contributed by atoms with van der Waals surface area (Å²) in [6.07, 6.45) is 2.47. The van der Waals surface area contributed by atoms with Crippen molar-refractivity contribution in [3.63, 3.8) is 0 Å². The zero-order valence-corrected chi connectivity index (χ0v) is 19.9. The Balaban J connectivity index is 1.72. The van der Waals surface area contributed by atoms with Crippen LogP contribution in [0.2, 0.25) is 0 Å². The predicted octanol–water partition coefficient (Wildman–Crippen LogP) is 3.66. The van der Waals surface area contributed by atoms with E-state index in [1.165, 1.54) is 30.4 Å². The number of nitrogens with one attached hydrogen (secondary N) is 1. The second-order valence-corrected chi connectivity index (χ2v) is 9.50. The maximum absolute atomic E-state index is 13.2. The summed E-state index contributed by atoms with van der Waals surface area (Å²) in [6.45, 7) is 5.53. The Morgan fingerprint density at radius 3 is 2.68 bits per heavy atom. The van der Waals surface area contributed by atoms with Crippen LogP contribution in [-0.2, 0) is 22.4 Å².